The van der Waals surface area contributed by atoms with Crippen LogP contribution in [-0.2, 0) is 0 Å². The van der Waals surface area contributed by atoms with Crippen LogP contribution in [0.15, 0.2) is 36.4 Å². The second-order valence-corrected chi connectivity index (χ2v) is 4.91. The SMILES string of the molecule is C/C=C\c1sc2ccccc2c1/C=C\CS. The molecule has 16 heavy (non-hydrogen) atoms. The van der Waals surface area contributed by atoms with Crippen LogP contribution in [0.2, 0.25) is 0 Å². The zero-order valence-corrected chi connectivity index (χ0v) is 10.9. The third-order valence-corrected chi connectivity index (χ3v) is 3.73. The van der Waals surface area contributed by atoms with E-state index in [9.17, 15) is 0 Å². The first-order valence-electron chi connectivity index (χ1n) is 5.28. The van der Waals surface area contributed by atoms with Crippen LogP contribution in [0.5, 0.6) is 0 Å². The summed E-state index contributed by atoms with van der Waals surface area (Å²) in [6.45, 7) is 2.05. The van der Waals surface area contributed by atoms with Gasteiger partial charge >= 0.3 is 0 Å². The van der Waals surface area contributed by atoms with Gasteiger partial charge in [-0.2, -0.15) is 12.6 Å². The molecular weight excluding hydrogens is 232 g/mol. The Balaban J connectivity index is 2.64. The molecule has 0 radical (unpaired) electrons. The van der Waals surface area contributed by atoms with Gasteiger partial charge in [0.1, 0.15) is 0 Å². The zero-order chi connectivity index (χ0) is 11.4. The standard InChI is InChI=1S/C14H14S2/c1-2-6-13-12(8-5-10-15)11-7-3-4-9-14(11)16-13/h2-9,15H,10H2,1H3/b6-2-,8-5-. The molecule has 1 aromatic carbocycles. The van der Waals surface area contributed by atoms with Gasteiger partial charge in [-0.1, -0.05) is 36.4 Å². The first kappa shape index (κ1) is 11.5. The fourth-order valence-corrected chi connectivity index (χ4v) is 2.97. The Morgan fingerprint density at radius 3 is 2.81 bits per heavy atom. The van der Waals surface area contributed by atoms with E-state index in [1.807, 2.05) is 11.3 Å². The van der Waals surface area contributed by atoms with Crippen molar-refractivity contribution in [3.8, 4) is 0 Å². The highest BCUT2D eigenvalue weighted by molar-refractivity contribution is 7.80. The second kappa shape index (κ2) is 5.37. The summed E-state index contributed by atoms with van der Waals surface area (Å²) in [6.07, 6.45) is 8.51. The average Bonchev–Trinajstić information content (AvgIpc) is 2.65. The van der Waals surface area contributed by atoms with E-state index in [-0.39, 0.29) is 0 Å². The lowest BCUT2D eigenvalue weighted by Gasteiger charge is -1.93. The smallest absolute Gasteiger partial charge is 0.0355 e. The first-order chi connectivity index (χ1) is 7.86. The molecule has 0 N–H and O–H groups in total. The number of allylic oxidation sites excluding steroid dienone is 1. The van der Waals surface area contributed by atoms with E-state index in [0.29, 0.717) is 0 Å². The van der Waals surface area contributed by atoms with Gasteiger partial charge in [0.15, 0.2) is 0 Å². The van der Waals surface area contributed by atoms with Crippen molar-refractivity contribution in [2.45, 2.75) is 6.92 Å². The highest BCUT2D eigenvalue weighted by Crippen LogP contribution is 2.33. The average molecular weight is 246 g/mol. The summed E-state index contributed by atoms with van der Waals surface area (Å²) < 4.78 is 1.34. The van der Waals surface area contributed by atoms with Crippen LogP contribution < -0.4 is 0 Å². The lowest BCUT2D eigenvalue weighted by molar-refractivity contribution is 1.75. The molecule has 0 fully saturated rings. The molecule has 0 bridgehead atoms. The van der Waals surface area contributed by atoms with Crippen molar-refractivity contribution in [1.82, 2.24) is 0 Å². The number of hydrogen-bond donors (Lipinski definition) is 1. The third kappa shape index (κ3) is 2.23. The largest absolute Gasteiger partial charge is 0.175 e. The number of thiophene rings is 1. The molecule has 2 aromatic rings. The number of hydrogen-bond acceptors (Lipinski definition) is 2. The zero-order valence-electron chi connectivity index (χ0n) is 9.18. The highest BCUT2D eigenvalue weighted by Gasteiger charge is 2.06. The quantitative estimate of drug-likeness (QED) is 0.733. The predicted octanol–water partition coefficient (Wildman–Crippen LogP) is 4.88. The van der Waals surface area contributed by atoms with Crippen LogP contribution >= 0.6 is 24.0 Å². The van der Waals surface area contributed by atoms with Crippen molar-refractivity contribution in [3.63, 3.8) is 0 Å². The molecule has 0 saturated heterocycles. The molecule has 2 heteroatoms. The Morgan fingerprint density at radius 2 is 2.06 bits per heavy atom. The van der Waals surface area contributed by atoms with Crippen molar-refractivity contribution >= 4 is 46.2 Å². The summed E-state index contributed by atoms with van der Waals surface area (Å²) in [6, 6.07) is 8.53. The molecule has 0 aliphatic carbocycles. The summed E-state index contributed by atoms with van der Waals surface area (Å²) in [7, 11) is 0. The van der Waals surface area contributed by atoms with Crippen molar-refractivity contribution < 1.29 is 0 Å². The number of thiol groups is 1. The minimum atomic E-state index is 0.777. The molecule has 2 rings (SSSR count). The Bertz CT molecular complexity index is 533. The van der Waals surface area contributed by atoms with Crippen LogP contribution in [0.1, 0.15) is 17.4 Å². The van der Waals surface area contributed by atoms with E-state index < -0.39 is 0 Å². The molecule has 0 aliphatic rings. The summed E-state index contributed by atoms with van der Waals surface area (Å²) in [5, 5.41) is 1.33. The van der Waals surface area contributed by atoms with E-state index in [1.165, 1.54) is 20.5 Å². The maximum Gasteiger partial charge on any atom is 0.0355 e. The molecule has 0 nitrogen and oxygen atoms in total. The molecule has 0 aliphatic heterocycles. The third-order valence-electron chi connectivity index (χ3n) is 2.37. The van der Waals surface area contributed by atoms with Gasteiger partial charge in [-0.25, -0.2) is 0 Å². The molecule has 82 valence electrons. The lowest BCUT2D eigenvalue weighted by Crippen LogP contribution is -1.73. The van der Waals surface area contributed by atoms with Gasteiger partial charge < -0.3 is 0 Å². The van der Waals surface area contributed by atoms with Crippen molar-refractivity contribution in [2.24, 2.45) is 0 Å². The molecule has 0 spiro atoms. The summed E-state index contributed by atoms with van der Waals surface area (Å²) in [5.41, 5.74) is 1.31. The summed E-state index contributed by atoms with van der Waals surface area (Å²) in [4.78, 5) is 1.32. The van der Waals surface area contributed by atoms with Crippen molar-refractivity contribution in [3.05, 3.63) is 46.9 Å². The monoisotopic (exact) mass is 246 g/mol. The molecule has 0 saturated carbocycles. The minimum absolute atomic E-state index is 0.777. The minimum Gasteiger partial charge on any atom is -0.175 e. The van der Waals surface area contributed by atoms with Crippen LogP contribution in [0, 0.1) is 0 Å². The van der Waals surface area contributed by atoms with Gasteiger partial charge in [0.05, 0.1) is 0 Å². The molecular formula is C14H14S2. The van der Waals surface area contributed by atoms with E-state index in [4.69, 9.17) is 0 Å². The fourth-order valence-electron chi connectivity index (χ4n) is 1.70. The van der Waals surface area contributed by atoms with Crippen LogP contribution in [0.3, 0.4) is 0 Å². The summed E-state index contributed by atoms with van der Waals surface area (Å²) >= 11 is 6.05. The normalized spacial score (nSPS) is 12.1. The second-order valence-electron chi connectivity index (χ2n) is 3.46. The van der Waals surface area contributed by atoms with E-state index in [0.717, 1.165) is 5.75 Å². The van der Waals surface area contributed by atoms with E-state index in [1.54, 1.807) is 0 Å². The number of benzene rings is 1. The van der Waals surface area contributed by atoms with Crippen LogP contribution in [-0.4, -0.2) is 5.75 Å². The van der Waals surface area contributed by atoms with Gasteiger partial charge in [0.25, 0.3) is 0 Å². The molecule has 0 atom stereocenters. The van der Waals surface area contributed by atoms with Crippen molar-refractivity contribution in [2.75, 3.05) is 5.75 Å². The van der Waals surface area contributed by atoms with Crippen LogP contribution in [0.25, 0.3) is 22.2 Å². The lowest BCUT2D eigenvalue weighted by atomic mass is 10.1. The Hall–Kier alpha value is -0.990. The topological polar surface area (TPSA) is 0 Å². The van der Waals surface area contributed by atoms with Gasteiger partial charge in [0, 0.05) is 26.3 Å². The fraction of sp³-hybridized carbons (Fsp3) is 0.143. The molecule has 0 unspecified atom stereocenters. The van der Waals surface area contributed by atoms with Gasteiger partial charge in [-0.15, -0.1) is 11.3 Å². The maximum atomic E-state index is 4.21. The van der Waals surface area contributed by atoms with Crippen LogP contribution in [0.4, 0.5) is 0 Å². The number of fused-ring (bicyclic) bond motifs is 1. The molecule has 0 amide bonds. The predicted molar refractivity (Wildman–Crippen MR) is 79.4 cm³/mol. The van der Waals surface area contributed by atoms with Gasteiger partial charge in [-0.3, -0.25) is 0 Å². The summed E-state index contributed by atoms with van der Waals surface area (Å²) in [5.74, 6) is 0.777. The van der Waals surface area contributed by atoms with Gasteiger partial charge in [0.2, 0.25) is 0 Å². The van der Waals surface area contributed by atoms with E-state index >= 15 is 0 Å². The Labute approximate surface area is 106 Å². The van der Waals surface area contributed by atoms with Crippen molar-refractivity contribution in [1.29, 1.82) is 0 Å². The van der Waals surface area contributed by atoms with E-state index in [2.05, 4.69) is 68.1 Å². The molecule has 1 heterocycles. The maximum absolute atomic E-state index is 4.21. The highest BCUT2D eigenvalue weighted by atomic mass is 32.1. The molecule has 1 aromatic heterocycles. The Kier molecular flexibility index (Phi) is 3.86. The Morgan fingerprint density at radius 1 is 1.25 bits per heavy atom. The first-order valence-corrected chi connectivity index (χ1v) is 6.73. The van der Waals surface area contributed by atoms with Gasteiger partial charge in [-0.05, 0) is 19.1 Å². The number of rotatable bonds is 3.